The van der Waals surface area contributed by atoms with Crippen molar-refractivity contribution in [3.05, 3.63) is 46.7 Å². The van der Waals surface area contributed by atoms with Gasteiger partial charge < -0.3 is 15.4 Å². The van der Waals surface area contributed by atoms with Gasteiger partial charge in [-0.1, -0.05) is 22.0 Å². The Hall–Kier alpha value is -2.35. The van der Waals surface area contributed by atoms with Crippen LogP contribution in [-0.4, -0.2) is 46.1 Å². The van der Waals surface area contributed by atoms with E-state index in [0.29, 0.717) is 25.2 Å². The van der Waals surface area contributed by atoms with Crippen molar-refractivity contribution in [3.63, 3.8) is 0 Å². The number of carbonyl (C=O) groups excluding carboxylic acids is 2. The Morgan fingerprint density at radius 2 is 2.24 bits per heavy atom. The zero-order valence-electron chi connectivity index (χ0n) is 13.5. The van der Waals surface area contributed by atoms with Crippen LogP contribution in [0.2, 0.25) is 0 Å². The highest BCUT2D eigenvalue weighted by atomic mass is 79.9. The summed E-state index contributed by atoms with van der Waals surface area (Å²) in [6.45, 7) is 0.964. The fourth-order valence-electron chi connectivity index (χ4n) is 3.07. The molecule has 2 aromatic rings. The van der Waals surface area contributed by atoms with Crippen molar-refractivity contribution in [1.82, 2.24) is 15.1 Å². The number of H-pyrrole nitrogens is 1. The number of halogens is 1. The van der Waals surface area contributed by atoms with E-state index in [1.165, 1.54) is 6.20 Å². The number of amides is 2. The van der Waals surface area contributed by atoms with E-state index in [1.54, 1.807) is 11.0 Å². The minimum Gasteiger partial charge on any atom is -0.490 e. The highest BCUT2D eigenvalue weighted by Crippen LogP contribution is 2.27. The number of benzene rings is 1. The van der Waals surface area contributed by atoms with Crippen molar-refractivity contribution in [2.24, 2.45) is 11.7 Å². The lowest BCUT2D eigenvalue weighted by Gasteiger charge is -2.38. The maximum Gasteiger partial charge on any atom is 0.271 e. The number of carbonyl (C=O) groups is 2. The van der Waals surface area contributed by atoms with Gasteiger partial charge in [0.15, 0.2) is 0 Å². The van der Waals surface area contributed by atoms with Gasteiger partial charge in [0, 0.05) is 42.5 Å². The van der Waals surface area contributed by atoms with E-state index in [0.717, 1.165) is 10.2 Å². The summed E-state index contributed by atoms with van der Waals surface area (Å²) in [5.74, 6) is 0.0378. The molecule has 2 heterocycles. The lowest BCUT2D eigenvalue weighted by Crippen LogP contribution is -2.49. The third-order valence-corrected chi connectivity index (χ3v) is 4.72. The molecule has 1 aliphatic rings. The molecule has 0 unspecified atom stereocenters. The summed E-state index contributed by atoms with van der Waals surface area (Å²) in [5, 5.41) is 6.49. The Kier molecular flexibility index (Phi) is 5.37. The maximum absolute atomic E-state index is 12.5. The van der Waals surface area contributed by atoms with Gasteiger partial charge in [-0.05, 0) is 24.3 Å². The molecule has 0 aliphatic carbocycles. The molecule has 8 heteroatoms. The minimum atomic E-state index is -0.399. The van der Waals surface area contributed by atoms with E-state index < -0.39 is 5.91 Å². The van der Waals surface area contributed by atoms with Crippen LogP contribution in [0.1, 0.15) is 23.3 Å². The van der Waals surface area contributed by atoms with Crippen molar-refractivity contribution in [2.75, 3.05) is 13.1 Å². The maximum atomic E-state index is 12.5. The minimum absolute atomic E-state index is 0.132. The average molecular weight is 407 g/mol. The molecule has 2 atom stereocenters. The average Bonchev–Trinajstić information content (AvgIpc) is 3.10. The topological polar surface area (TPSA) is 101 Å². The van der Waals surface area contributed by atoms with Crippen LogP contribution in [0.5, 0.6) is 5.75 Å². The summed E-state index contributed by atoms with van der Waals surface area (Å²) >= 11 is 3.42. The van der Waals surface area contributed by atoms with E-state index >= 15 is 0 Å². The lowest BCUT2D eigenvalue weighted by atomic mass is 9.91. The smallest absolute Gasteiger partial charge is 0.271 e. The molecule has 3 rings (SSSR count). The van der Waals surface area contributed by atoms with Crippen LogP contribution in [0.15, 0.2) is 41.0 Å². The summed E-state index contributed by atoms with van der Waals surface area (Å²) in [6, 6.07) is 9.19. The van der Waals surface area contributed by atoms with Gasteiger partial charge in [0.05, 0.1) is 0 Å². The SMILES string of the molecule is NC(=O)C[C@H]1CN(C(=O)c2ccn[nH]2)CC[C@@H]1Oc1cccc(Br)c1. The van der Waals surface area contributed by atoms with Gasteiger partial charge in [0.2, 0.25) is 5.91 Å². The number of nitrogens with zero attached hydrogens (tertiary/aromatic N) is 2. The number of primary amides is 1. The van der Waals surface area contributed by atoms with Crippen LogP contribution in [0.25, 0.3) is 0 Å². The summed E-state index contributed by atoms with van der Waals surface area (Å²) in [4.78, 5) is 25.7. The summed E-state index contributed by atoms with van der Waals surface area (Å²) in [5.41, 5.74) is 5.83. The largest absolute Gasteiger partial charge is 0.490 e. The highest BCUT2D eigenvalue weighted by molar-refractivity contribution is 9.10. The van der Waals surface area contributed by atoms with Crippen LogP contribution in [-0.2, 0) is 4.79 Å². The lowest BCUT2D eigenvalue weighted by molar-refractivity contribution is -0.120. The number of likely N-dealkylation sites (tertiary alicyclic amines) is 1. The van der Waals surface area contributed by atoms with E-state index in [9.17, 15) is 9.59 Å². The molecular weight excluding hydrogens is 388 g/mol. The van der Waals surface area contributed by atoms with Gasteiger partial charge in [-0.3, -0.25) is 14.7 Å². The quantitative estimate of drug-likeness (QED) is 0.791. The molecule has 7 nitrogen and oxygen atoms in total. The number of piperidine rings is 1. The Morgan fingerprint density at radius 1 is 1.40 bits per heavy atom. The number of ether oxygens (including phenoxy) is 1. The van der Waals surface area contributed by atoms with Crippen molar-refractivity contribution in [2.45, 2.75) is 18.9 Å². The Bertz CT molecular complexity index is 750. The third-order valence-electron chi connectivity index (χ3n) is 4.23. The normalized spacial score (nSPS) is 20.3. The predicted molar refractivity (Wildman–Crippen MR) is 95.0 cm³/mol. The molecule has 1 aromatic carbocycles. The fraction of sp³-hybridized carbons (Fsp3) is 0.353. The molecule has 1 fully saturated rings. The first-order valence-electron chi connectivity index (χ1n) is 8.02. The van der Waals surface area contributed by atoms with Crippen molar-refractivity contribution in [3.8, 4) is 5.75 Å². The number of aromatic nitrogens is 2. The first-order chi connectivity index (χ1) is 12.0. The molecule has 132 valence electrons. The highest BCUT2D eigenvalue weighted by Gasteiger charge is 2.34. The van der Waals surface area contributed by atoms with E-state index in [1.807, 2.05) is 24.3 Å². The Balaban J connectivity index is 1.72. The van der Waals surface area contributed by atoms with Crippen molar-refractivity contribution >= 4 is 27.7 Å². The molecule has 3 N–H and O–H groups in total. The van der Waals surface area contributed by atoms with Gasteiger partial charge in [0.1, 0.15) is 17.5 Å². The molecule has 1 aromatic heterocycles. The van der Waals surface area contributed by atoms with E-state index in [4.69, 9.17) is 10.5 Å². The molecule has 25 heavy (non-hydrogen) atoms. The number of rotatable bonds is 5. The first-order valence-corrected chi connectivity index (χ1v) is 8.81. The Labute approximate surface area is 153 Å². The molecule has 1 aliphatic heterocycles. The standard InChI is InChI=1S/C17H19BrN4O3/c18-12-2-1-3-13(9-12)25-15-5-7-22(10-11(15)8-16(19)23)17(24)14-4-6-20-21-14/h1-4,6,9,11,15H,5,7-8,10H2,(H2,19,23)(H,20,21)/t11-,15-/m0/s1. The second kappa shape index (κ2) is 7.69. The molecule has 0 saturated carbocycles. The molecule has 0 spiro atoms. The summed E-state index contributed by atoms with van der Waals surface area (Å²) in [7, 11) is 0. The van der Waals surface area contributed by atoms with Gasteiger partial charge in [-0.25, -0.2) is 0 Å². The third kappa shape index (κ3) is 4.39. The number of nitrogens with two attached hydrogens (primary N) is 1. The van der Waals surface area contributed by atoms with Gasteiger partial charge in [-0.15, -0.1) is 0 Å². The zero-order chi connectivity index (χ0) is 17.8. The zero-order valence-corrected chi connectivity index (χ0v) is 15.1. The second-order valence-electron chi connectivity index (χ2n) is 6.05. The van der Waals surface area contributed by atoms with E-state index in [2.05, 4.69) is 26.1 Å². The van der Waals surface area contributed by atoms with Crippen LogP contribution in [0.3, 0.4) is 0 Å². The molecular formula is C17H19BrN4O3. The molecule has 0 bridgehead atoms. The van der Waals surface area contributed by atoms with Crippen LogP contribution in [0.4, 0.5) is 0 Å². The Morgan fingerprint density at radius 3 is 2.92 bits per heavy atom. The molecule has 0 radical (unpaired) electrons. The number of hydrogen-bond donors (Lipinski definition) is 2. The monoisotopic (exact) mass is 406 g/mol. The van der Waals surface area contributed by atoms with Gasteiger partial charge in [0.25, 0.3) is 5.91 Å². The van der Waals surface area contributed by atoms with Crippen LogP contribution >= 0.6 is 15.9 Å². The van der Waals surface area contributed by atoms with Gasteiger partial charge in [-0.2, -0.15) is 5.10 Å². The number of aromatic amines is 1. The van der Waals surface area contributed by atoms with Gasteiger partial charge >= 0.3 is 0 Å². The van der Waals surface area contributed by atoms with E-state index in [-0.39, 0.29) is 24.3 Å². The fourth-order valence-corrected chi connectivity index (χ4v) is 3.44. The second-order valence-corrected chi connectivity index (χ2v) is 6.97. The summed E-state index contributed by atoms with van der Waals surface area (Å²) in [6.07, 6.45) is 2.17. The predicted octanol–water partition coefficient (Wildman–Crippen LogP) is 1.96. The first kappa shape index (κ1) is 17.5. The number of hydrogen-bond acceptors (Lipinski definition) is 4. The molecule has 1 saturated heterocycles. The van der Waals surface area contributed by atoms with Crippen LogP contribution < -0.4 is 10.5 Å². The number of nitrogens with one attached hydrogen (secondary N) is 1. The molecule has 2 amide bonds. The van der Waals surface area contributed by atoms with Crippen molar-refractivity contribution in [1.29, 1.82) is 0 Å². The van der Waals surface area contributed by atoms with Crippen LogP contribution in [0, 0.1) is 5.92 Å². The van der Waals surface area contributed by atoms with Crippen molar-refractivity contribution < 1.29 is 14.3 Å². The summed E-state index contributed by atoms with van der Waals surface area (Å²) < 4.78 is 6.99.